The number of pyridine rings is 1. The average Bonchev–Trinajstić information content (AvgIpc) is 2.81. The molecule has 3 atom stereocenters. The molecule has 0 spiro atoms. The molecule has 0 aliphatic heterocycles. The van der Waals surface area contributed by atoms with E-state index in [-0.39, 0.29) is 0 Å². The van der Waals surface area contributed by atoms with Crippen molar-refractivity contribution >= 4 is 0 Å². The number of nitrogens with zero attached hydrogens (tertiary/aromatic N) is 1. The number of nitrogens with one attached hydrogen (secondary N) is 1. The molecular weight excluding hydrogens is 220 g/mol. The van der Waals surface area contributed by atoms with Gasteiger partial charge in [0.2, 0.25) is 0 Å². The van der Waals surface area contributed by atoms with Gasteiger partial charge >= 0.3 is 0 Å². The lowest BCUT2D eigenvalue weighted by atomic mass is 9.80. The van der Waals surface area contributed by atoms with E-state index in [4.69, 9.17) is 0 Å². The number of aromatic nitrogens is 1. The molecule has 18 heavy (non-hydrogen) atoms. The number of fused-ring (bicyclic) bond motifs is 1. The molecule has 0 aromatic carbocycles. The summed E-state index contributed by atoms with van der Waals surface area (Å²) in [4.78, 5) is 4.56. The molecule has 2 nitrogen and oxygen atoms in total. The highest BCUT2D eigenvalue weighted by Gasteiger charge is 2.26. The van der Waals surface area contributed by atoms with Crippen molar-refractivity contribution in [3.63, 3.8) is 0 Å². The molecule has 0 radical (unpaired) electrons. The van der Waals surface area contributed by atoms with Gasteiger partial charge in [-0.2, -0.15) is 0 Å². The van der Waals surface area contributed by atoms with E-state index in [9.17, 15) is 0 Å². The lowest BCUT2D eigenvalue weighted by Crippen LogP contribution is -2.31. The molecule has 1 saturated carbocycles. The van der Waals surface area contributed by atoms with Gasteiger partial charge in [-0.15, -0.1) is 0 Å². The Balaban J connectivity index is 1.58. The zero-order valence-corrected chi connectivity index (χ0v) is 11.4. The maximum Gasteiger partial charge on any atom is 0.0605 e. The lowest BCUT2D eigenvalue weighted by molar-refractivity contribution is 0.240. The molecule has 3 rings (SSSR count). The van der Waals surface area contributed by atoms with Gasteiger partial charge in [-0.3, -0.25) is 4.98 Å². The summed E-state index contributed by atoms with van der Waals surface area (Å²) in [5.74, 6) is 1.78. The normalized spacial score (nSPS) is 31.3. The van der Waals surface area contributed by atoms with E-state index >= 15 is 0 Å². The summed E-state index contributed by atoms with van der Waals surface area (Å²) in [6.07, 6.45) is 10.1. The highest BCUT2D eigenvalue weighted by molar-refractivity contribution is 5.27. The van der Waals surface area contributed by atoms with Gasteiger partial charge in [-0.1, -0.05) is 32.3 Å². The van der Waals surface area contributed by atoms with Crippen molar-refractivity contribution in [1.29, 1.82) is 0 Å². The molecule has 2 aliphatic rings. The van der Waals surface area contributed by atoms with Crippen molar-refractivity contribution < 1.29 is 0 Å². The summed E-state index contributed by atoms with van der Waals surface area (Å²) in [6.45, 7) is 3.61. The Morgan fingerprint density at radius 2 is 2.17 bits per heavy atom. The molecule has 1 N–H and O–H groups in total. The first-order chi connectivity index (χ1) is 8.84. The summed E-state index contributed by atoms with van der Waals surface area (Å²) >= 11 is 0. The molecule has 0 bridgehead atoms. The van der Waals surface area contributed by atoms with Crippen LogP contribution in [-0.2, 0) is 6.42 Å². The average molecular weight is 244 g/mol. The van der Waals surface area contributed by atoms with Crippen LogP contribution in [0.25, 0.3) is 0 Å². The maximum absolute atomic E-state index is 4.56. The highest BCUT2D eigenvalue weighted by atomic mass is 15.0. The third kappa shape index (κ3) is 2.44. The fourth-order valence-electron chi connectivity index (χ4n) is 3.60. The molecule has 2 aliphatic carbocycles. The molecule has 1 aromatic rings. The molecule has 1 heterocycles. The van der Waals surface area contributed by atoms with E-state index < -0.39 is 0 Å². The zero-order chi connectivity index (χ0) is 12.4. The zero-order valence-electron chi connectivity index (χ0n) is 11.4. The molecule has 1 fully saturated rings. The minimum absolute atomic E-state index is 0.510. The fraction of sp³-hybridized carbons (Fsp3) is 0.688. The minimum Gasteiger partial charge on any atom is -0.308 e. The van der Waals surface area contributed by atoms with Gasteiger partial charge in [0, 0.05) is 6.20 Å². The lowest BCUT2D eigenvalue weighted by Gasteiger charge is -2.30. The predicted molar refractivity (Wildman–Crippen MR) is 74.4 cm³/mol. The van der Waals surface area contributed by atoms with Crippen LogP contribution in [0.5, 0.6) is 0 Å². The van der Waals surface area contributed by atoms with Crippen LogP contribution in [-0.4, -0.2) is 11.5 Å². The first-order valence-electron chi connectivity index (χ1n) is 7.52. The van der Waals surface area contributed by atoms with Gasteiger partial charge in [0.25, 0.3) is 0 Å². The molecular formula is C16H24N2. The van der Waals surface area contributed by atoms with E-state index in [0.29, 0.717) is 6.04 Å². The summed E-state index contributed by atoms with van der Waals surface area (Å²) in [7, 11) is 0. The molecule has 0 amide bonds. The third-order valence-corrected chi connectivity index (χ3v) is 4.87. The van der Waals surface area contributed by atoms with Gasteiger partial charge in [0.1, 0.15) is 0 Å². The van der Waals surface area contributed by atoms with Gasteiger partial charge < -0.3 is 5.32 Å². The summed E-state index contributed by atoms with van der Waals surface area (Å²) in [6, 6.07) is 4.80. The highest BCUT2D eigenvalue weighted by Crippen LogP contribution is 2.32. The van der Waals surface area contributed by atoms with Crippen LogP contribution >= 0.6 is 0 Å². The monoisotopic (exact) mass is 244 g/mol. The van der Waals surface area contributed by atoms with E-state index in [1.165, 1.54) is 56.3 Å². The Kier molecular flexibility index (Phi) is 3.64. The second kappa shape index (κ2) is 5.40. The first-order valence-corrected chi connectivity index (χ1v) is 7.52. The Labute approximate surface area is 110 Å². The van der Waals surface area contributed by atoms with Gasteiger partial charge in [0.05, 0.1) is 11.7 Å². The van der Waals surface area contributed by atoms with E-state index in [2.05, 4.69) is 29.4 Å². The van der Waals surface area contributed by atoms with Crippen molar-refractivity contribution in [3.8, 4) is 0 Å². The van der Waals surface area contributed by atoms with Gasteiger partial charge in [0.15, 0.2) is 0 Å². The molecule has 0 saturated heterocycles. The largest absolute Gasteiger partial charge is 0.308 e. The second-order valence-corrected chi connectivity index (χ2v) is 6.07. The maximum atomic E-state index is 4.56. The van der Waals surface area contributed by atoms with E-state index in [1.807, 2.05) is 6.20 Å². The quantitative estimate of drug-likeness (QED) is 0.880. The molecule has 3 unspecified atom stereocenters. The van der Waals surface area contributed by atoms with Crippen LogP contribution in [0.3, 0.4) is 0 Å². The summed E-state index contributed by atoms with van der Waals surface area (Å²) in [5, 5.41) is 3.78. The third-order valence-electron chi connectivity index (χ3n) is 4.87. The van der Waals surface area contributed by atoms with Crippen LogP contribution in [0.2, 0.25) is 0 Å². The number of hydrogen-bond donors (Lipinski definition) is 1. The number of aryl methyl sites for hydroxylation is 1. The Bertz CT molecular complexity index is 402. The van der Waals surface area contributed by atoms with Crippen LogP contribution < -0.4 is 5.32 Å². The van der Waals surface area contributed by atoms with Gasteiger partial charge in [-0.05, 0) is 49.3 Å². The standard InChI is InChI=1S/C16H24N2/c1-12-5-2-3-6-14(12)11-18-15-9-8-13-7-4-10-17-16(13)15/h4,7,10,12,14-15,18H,2-3,5-6,8-9,11H2,1H3. The van der Waals surface area contributed by atoms with Crippen LogP contribution in [0.15, 0.2) is 18.3 Å². The number of rotatable bonds is 3. The second-order valence-electron chi connectivity index (χ2n) is 6.07. The molecule has 2 heteroatoms. The Hall–Kier alpha value is -0.890. The van der Waals surface area contributed by atoms with Crippen LogP contribution in [0.1, 0.15) is 56.3 Å². The SMILES string of the molecule is CC1CCCCC1CNC1CCc2cccnc21. The van der Waals surface area contributed by atoms with E-state index in [1.54, 1.807) is 0 Å². The number of hydrogen-bond acceptors (Lipinski definition) is 2. The Morgan fingerprint density at radius 1 is 1.28 bits per heavy atom. The van der Waals surface area contributed by atoms with Crippen LogP contribution in [0.4, 0.5) is 0 Å². The van der Waals surface area contributed by atoms with E-state index in [0.717, 1.165) is 11.8 Å². The summed E-state index contributed by atoms with van der Waals surface area (Å²) < 4.78 is 0. The first kappa shape index (κ1) is 12.2. The van der Waals surface area contributed by atoms with Crippen molar-refractivity contribution in [1.82, 2.24) is 10.3 Å². The van der Waals surface area contributed by atoms with Crippen molar-refractivity contribution in [3.05, 3.63) is 29.6 Å². The fourth-order valence-corrected chi connectivity index (χ4v) is 3.60. The smallest absolute Gasteiger partial charge is 0.0605 e. The van der Waals surface area contributed by atoms with Crippen molar-refractivity contribution in [2.45, 2.75) is 51.5 Å². The van der Waals surface area contributed by atoms with Crippen molar-refractivity contribution in [2.75, 3.05) is 6.54 Å². The minimum atomic E-state index is 0.510. The van der Waals surface area contributed by atoms with Gasteiger partial charge in [-0.25, -0.2) is 0 Å². The Morgan fingerprint density at radius 3 is 3.06 bits per heavy atom. The van der Waals surface area contributed by atoms with Crippen molar-refractivity contribution in [2.24, 2.45) is 11.8 Å². The topological polar surface area (TPSA) is 24.9 Å². The molecule has 98 valence electrons. The van der Waals surface area contributed by atoms with Crippen LogP contribution in [0, 0.1) is 11.8 Å². The summed E-state index contributed by atoms with van der Waals surface area (Å²) in [5.41, 5.74) is 2.76. The molecule has 1 aromatic heterocycles. The predicted octanol–water partition coefficient (Wildman–Crippen LogP) is 3.48.